The van der Waals surface area contributed by atoms with Crippen molar-refractivity contribution >= 4 is 12.1 Å². The van der Waals surface area contributed by atoms with Gasteiger partial charge in [-0.3, -0.25) is 4.68 Å². The predicted molar refractivity (Wildman–Crippen MR) is 72.3 cm³/mol. The third-order valence-electron chi connectivity index (χ3n) is 2.43. The van der Waals surface area contributed by atoms with E-state index in [2.05, 4.69) is 10.4 Å². The Kier molecular flexibility index (Phi) is 5.54. The number of carbonyl (C=O) groups is 2. The minimum absolute atomic E-state index is 0.314. The number of aromatic nitrogens is 2. The van der Waals surface area contributed by atoms with E-state index in [-0.39, 0.29) is 0 Å². The Morgan fingerprint density at radius 2 is 2.15 bits per heavy atom. The smallest absolute Gasteiger partial charge is 0.408 e. The summed E-state index contributed by atoms with van der Waals surface area (Å²) in [6.07, 6.45) is 3.65. The van der Waals surface area contributed by atoms with Crippen LogP contribution in [0.5, 0.6) is 0 Å². The molecule has 0 radical (unpaired) electrons. The lowest BCUT2D eigenvalue weighted by Crippen LogP contribution is -2.43. The minimum atomic E-state index is -1.07. The van der Waals surface area contributed by atoms with Crippen LogP contribution in [-0.2, 0) is 16.1 Å². The summed E-state index contributed by atoms with van der Waals surface area (Å²) in [4.78, 5) is 22.7. The van der Waals surface area contributed by atoms with Gasteiger partial charge in [0.05, 0.1) is 0 Å². The van der Waals surface area contributed by atoms with Gasteiger partial charge < -0.3 is 15.2 Å². The van der Waals surface area contributed by atoms with Gasteiger partial charge in [0.1, 0.15) is 11.6 Å². The maximum absolute atomic E-state index is 11.6. The van der Waals surface area contributed by atoms with Crippen molar-refractivity contribution in [1.29, 1.82) is 0 Å². The Hall–Kier alpha value is -2.05. The van der Waals surface area contributed by atoms with E-state index in [9.17, 15) is 9.59 Å². The summed E-state index contributed by atoms with van der Waals surface area (Å²) in [5, 5.41) is 15.5. The molecular formula is C13H21N3O4. The second kappa shape index (κ2) is 6.93. The van der Waals surface area contributed by atoms with Crippen LogP contribution in [0.15, 0.2) is 18.5 Å². The number of carboxylic acids is 1. The molecule has 1 rings (SSSR count). The van der Waals surface area contributed by atoms with E-state index in [0.717, 1.165) is 0 Å². The Bertz CT molecular complexity index is 437. The Labute approximate surface area is 117 Å². The molecule has 0 spiro atoms. The van der Waals surface area contributed by atoms with Gasteiger partial charge in [0, 0.05) is 18.9 Å². The molecule has 0 aliphatic heterocycles. The number of carbonyl (C=O) groups excluding carboxylic acids is 1. The molecule has 0 aliphatic carbocycles. The maximum atomic E-state index is 11.6. The van der Waals surface area contributed by atoms with Crippen molar-refractivity contribution in [2.75, 3.05) is 0 Å². The standard InChI is InChI=1S/C13H21N3O4/c1-13(2,3)20-12(19)15-10(11(17)18)6-4-8-16-9-5-7-14-16/h5,7,9-10H,4,6,8H2,1-3H3,(H,15,19)(H,17,18). The molecule has 1 aromatic rings. The van der Waals surface area contributed by atoms with E-state index >= 15 is 0 Å². The van der Waals surface area contributed by atoms with Crippen LogP contribution in [0.3, 0.4) is 0 Å². The number of carboxylic acid groups (broad SMARTS) is 1. The topological polar surface area (TPSA) is 93.5 Å². The van der Waals surface area contributed by atoms with E-state index in [1.165, 1.54) is 0 Å². The molecule has 0 fully saturated rings. The number of alkyl carbamates (subject to hydrolysis) is 1. The number of hydrogen-bond acceptors (Lipinski definition) is 4. The molecule has 2 N–H and O–H groups in total. The average molecular weight is 283 g/mol. The molecule has 112 valence electrons. The number of hydrogen-bond donors (Lipinski definition) is 2. The predicted octanol–water partition coefficient (Wildman–Crippen LogP) is 1.64. The summed E-state index contributed by atoms with van der Waals surface area (Å²) in [6, 6.07) is 0.841. The molecule has 0 aromatic carbocycles. The number of amides is 1. The first-order valence-corrected chi connectivity index (χ1v) is 6.47. The van der Waals surface area contributed by atoms with Gasteiger partial charge in [-0.05, 0) is 39.7 Å². The molecule has 0 aliphatic rings. The monoisotopic (exact) mass is 283 g/mol. The zero-order chi connectivity index (χ0) is 15.2. The Balaban J connectivity index is 2.40. The van der Waals surface area contributed by atoms with E-state index in [4.69, 9.17) is 9.84 Å². The normalized spacial score (nSPS) is 12.8. The zero-order valence-corrected chi connectivity index (χ0v) is 12.0. The fraction of sp³-hybridized carbons (Fsp3) is 0.615. The molecule has 1 aromatic heterocycles. The molecule has 0 bridgehead atoms. The fourth-order valence-electron chi connectivity index (χ4n) is 1.60. The first-order valence-electron chi connectivity index (χ1n) is 6.47. The van der Waals surface area contributed by atoms with Gasteiger partial charge in [0.25, 0.3) is 0 Å². The first-order chi connectivity index (χ1) is 9.28. The number of nitrogens with zero attached hydrogens (tertiary/aromatic N) is 2. The SMILES string of the molecule is CC(C)(C)OC(=O)NC(CCCn1cccn1)C(=O)O. The number of aryl methyl sites for hydroxylation is 1. The lowest BCUT2D eigenvalue weighted by atomic mass is 10.1. The van der Waals surface area contributed by atoms with Gasteiger partial charge in [0.2, 0.25) is 0 Å². The van der Waals surface area contributed by atoms with Crippen LogP contribution in [0, 0.1) is 0 Å². The average Bonchev–Trinajstić information content (AvgIpc) is 2.77. The Morgan fingerprint density at radius 1 is 1.45 bits per heavy atom. The molecule has 1 amide bonds. The highest BCUT2D eigenvalue weighted by molar-refractivity contribution is 5.79. The summed E-state index contributed by atoms with van der Waals surface area (Å²) < 4.78 is 6.75. The van der Waals surface area contributed by atoms with Crippen LogP contribution < -0.4 is 5.32 Å². The van der Waals surface area contributed by atoms with Crippen LogP contribution in [0.2, 0.25) is 0 Å². The van der Waals surface area contributed by atoms with Gasteiger partial charge in [-0.2, -0.15) is 5.10 Å². The van der Waals surface area contributed by atoms with Crippen molar-refractivity contribution in [2.45, 2.75) is 51.8 Å². The molecule has 7 heteroatoms. The second-order valence-corrected chi connectivity index (χ2v) is 5.45. The largest absolute Gasteiger partial charge is 0.480 e. The van der Waals surface area contributed by atoms with Crippen LogP contribution in [0.4, 0.5) is 4.79 Å². The van der Waals surface area contributed by atoms with Gasteiger partial charge in [-0.15, -0.1) is 0 Å². The molecular weight excluding hydrogens is 262 g/mol. The number of ether oxygens (including phenoxy) is 1. The minimum Gasteiger partial charge on any atom is -0.480 e. The summed E-state index contributed by atoms with van der Waals surface area (Å²) in [5.41, 5.74) is -0.651. The van der Waals surface area contributed by atoms with Crippen molar-refractivity contribution in [3.05, 3.63) is 18.5 Å². The quantitative estimate of drug-likeness (QED) is 0.827. The number of nitrogens with one attached hydrogen (secondary N) is 1. The molecule has 20 heavy (non-hydrogen) atoms. The molecule has 0 saturated carbocycles. The van der Waals surface area contributed by atoms with Gasteiger partial charge in [0.15, 0.2) is 0 Å². The van der Waals surface area contributed by atoms with E-state index in [1.54, 1.807) is 43.9 Å². The van der Waals surface area contributed by atoms with Crippen LogP contribution >= 0.6 is 0 Å². The van der Waals surface area contributed by atoms with E-state index < -0.39 is 23.7 Å². The fourth-order valence-corrected chi connectivity index (χ4v) is 1.60. The van der Waals surface area contributed by atoms with Crippen LogP contribution in [-0.4, -0.2) is 38.6 Å². The van der Waals surface area contributed by atoms with Crippen LogP contribution in [0.25, 0.3) is 0 Å². The highest BCUT2D eigenvalue weighted by Gasteiger charge is 2.23. The van der Waals surface area contributed by atoms with Crippen LogP contribution in [0.1, 0.15) is 33.6 Å². The highest BCUT2D eigenvalue weighted by Crippen LogP contribution is 2.08. The molecule has 1 unspecified atom stereocenters. The van der Waals surface area contributed by atoms with E-state index in [0.29, 0.717) is 19.4 Å². The van der Waals surface area contributed by atoms with Crippen molar-refractivity contribution in [2.24, 2.45) is 0 Å². The van der Waals surface area contributed by atoms with Crippen molar-refractivity contribution in [1.82, 2.24) is 15.1 Å². The lowest BCUT2D eigenvalue weighted by Gasteiger charge is -2.22. The third-order valence-corrected chi connectivity index (χ3v) is 2.43. The lowest BCUT2D eigenvalue weighted by molar-refractivity contribution is -0.139. The molecule has 0 saturated heterocycles. The third kappa shape index (κ3) is 6.21. The molecule has 1 atom stereocenters. The summed E-state index contributed by atoms with van der Waals surface area (Å²) >= 11 is 0. The zero-order valence-electron chi connectivity index (χ0n) is 12.0. The second-order valence-electron chi connectivity index (χ2n) is 5.45. The summed E-state index contributed by atoms with van der Waals surface area (Å²) in [7, 11) is 0. The van der Waals surface area contributed by atoms with Gasteiger partial charge in [-0.25, -0.2) is 9.59 Å². The summed E-state index contributed by atoms with van der Waals surface area (Å²) in [5.74, 6) is -1.07. The highest BCUT2D eigenvalue weighted by atomic mass is 16.6. The van der Waals surface area contributed by atoms with Crippen molar-refractivity contribution < 1.29 is 19.4 Å². The van der Waals surface area contributed by atoms with Gasteiger partial charge >= 0.3 is 12.1 Å². The molecule has 1 heterocycles. The van der Waals surface area contributed by atoms with Crippen molar-refractivity contribution in [3.63, 3.8) is 0 Å². The number of rotatable bonds is 6. The first kappa shape index (κ1) is 16.0. The maximum Gasteiger partial charge on any atom is 0.408 e. The number of aliphatic carboxylic acids is 1. The van der Waals surface area contributed by atoms with Crippen molar-refractivity contribution in [3.8, 4) is 0 Å². The summed E-state index contributed by atoms with van der Waals surface area (Å²) in [6.45, 7) is 5.77. The van der Waals surface area contributed by atoms with E-state index in [1.807, 2.05) is 0 Å². The molecule has 7 nitrogen and oxygen atoms in total. The Morgan fingerprint density at radius 3 is 2.65 bits per heavy atom. The van der Waals surface area contributed by atoms with Gasteiger partial charge in [-0.1, -0.05) is 0 Å².